The number of hydrogen-bond acceptors (Lipinski definition) is 3. The lowest BCUT2D eigenvalue weighted by Gasteiger charge is -2.29. The summed E-state index contributed by atoms with van der Waals surface area (Å²) in [7, 11) is 0. The first kappa shape index (κ1) is 13.9. The SMILES string of the molecule is O=C(NC1CCSc2ccc(F)cc21)[C@H]1CCCNC1. The zero-order chi connectivity index (χ0) is 13.9. The summed E-state index contributed by atoms with van der Waals surface area (Å²) in [6, 6.07) is 4.82. The average Bonchev–Trinajstić information content (AvgIpc) is 2.49. The van der Waals surface area contributed by atoms with E-state index in [-0.39, 0.29) is 23.7 Å². The number of hydrogen-bond donors (Lipinski definition) is 2. The Morgan fingerprint density at radius 3 is 3.10 bits per heavy atom. The molecule has 108 valence electrons. The number of amides is 1. The Morgan fingerprint density at radius 1 is 1.40 bits per heavy atom. The van der Waals surface area contributed by atoms with Crippen LogP contribution in [0.2, 0.25) is 0 Å². The van der Waals surface area contributed by atoms with Crippen LogP contribution in [0.3, 0.4) is 0 Å². The van der Waals surface area contributed by atoms with Crippen molar-refractivity contribution in [1.82, 2.24) is 10.6 Å². The summed E-state index contributed by atoms with van der Waals surface area (Å²) in [6.07, 6.45) is 2.85. The highest BCUT2D eigenvalue weighted by Crippen LogP contribution is 2.36. The van der Waals surface area contributed by atoms with Crippen LogP contribution >= 0.6 is 11.8 Å². The largest absolute Gasteiger partial charge is 0.349 e. The van der Waals surface area contributed by atoms with E-state index in [9.17, 15) is 9.18 Å². The molecule has 0 bridgehead atoms. The normalized spacial score (nSPS) is 25.9. The van der Waals surface area contributed by atoms with E-state index in [1.54, 1.807) is 17.8 Å². The van der Waals surface area contributed by atoms with Gasteiger partial charge in [0.2, 0.25) is 5.91 Å². The third kappa shape index (κ3) is 2.99. The number of halogens is 1. The molecular weight excluding hydrogens is 275 g/mol. The highest BCUT2D eigenvalue weighted by molar-refractivity contribution is 7.99. The van der Waals surface area contributed by atoms with E-state index in [0.29, 0.717) is 0 Å². The number of thioether (sulfide) groups is 1. The fourth-order valence-electron chi connectivity index (χ4n) is 2.88. The third-order valence-electron chi connectivity index (χ3n) is 4.00. The zero-order valence-corrected chi connectivity index (χ0v) is 12.1. The lowest BCUT2D eigenvalue weighted by atomic mass is 9.97. The summed E-state index contributed by atoms with van der Waals surface area (Å²) in [5, 5.41) is 6.37. The molecule has 1 unspecified atom stereocenters. The maximum atomic E-state index is 13.4. The number of nitrogens with one attached hydrogen (secondary N) is 2. The van der Waals surface area contributed by atoms with Gasteiger partial charge in [0.1, 0.15) is 5.82 Å². The minimum Gasteiger partial charge on any atom is -0.349 e. The molecule has 20 heavy (non-hydrogen) atoms. The Kier molecular flexibility index (Phi) is 4.27. The second kappa shape index (κ2) is 6.14. The maximum absolute atomic E-state index is 13.4. The van der Waals surface area contributed by atoms with Gasteiger partial charge in [-0.25, -0.2) is 4.39 Å². The second-order valence-electron chi connectivity index (χ2n) is 5.42. The van der Waals surface area contributed by atoms with Gasteiger partial charge >= 0.3 is 0 Å². The van der Waals surface area contributed by atoms with Crippen molar-refractivity contribution in [2.24, 2.45) is 5.92 Å². The zero-order valence-electron chi connectivity index (χ0n) is 11.3. The first-order valence-electron chi connectivity index (χ1n) is 7.17. The molecule has 1 aromatic carbocycles. The van der Waals surface area contributed by atoms with Gasteiger partial charge in [0, 0.05) is 17.2 Å². The molecule has 0 spiro atoms. The van der Waals surface area contributed by atoms with Gasteiger partial charge in [0.05, 0.1) is 12.0 Å². The maximum Gasteiger partial charge on any atom is 0.224 e. The minimum atomic E-state index is -0.232. The molecule has 1 saturated heterocycles. The van der Waals surface area contributed by atoms with E-state index in [2.05, 4.69) is 10.6 Å². The van der Waals surface area contributed by atoms with E-state index < -0.39 is 0 Å². The molecule has 3 nitrogen and oxygen atoms in total. The molecule has 1 aromatic rings. The Bertz CT molecular complexity index is 503. The summed E-state index contributed by atoms with van der Waals surface area (Å²) in [5.74, 6) is 0.886. The Hall–Kier alpha value is -1.07. The Balaban J connectivity index is 1.72. The van der Waals surface area contributed by atoms with Crippen LogP contribution in [0.5, 0.6) is 0 Å². The van der Waals surface area contributed by atoms with Gasteiger partial charge in [-0.15, -0.1) is 11.8 Å². The van der Waals surface area contributed by atoms with Crippen LogP contribution in [-0.4, -0.2) is 24.7 Å². The number of carbonyl (C=O) groups excluding carboxylic acids is 1. The second-order valence-corrected chi connectivity index (χ2v) is 6.56. The lowest BCUT2D eigenvalue weighted by molar-refractivity contribution is -0.126. The molecule has 3 rings (SSSR count). The fraction of sp³-hybridized carbons (Fsp3) is 0.533. The van der Waals surface area contributed by atoms with Crippen molar-refractivity contribution >= 4 is 17.7 Å². The Morgan fingerprint density at radius 2 is 2.30 bits per heavy atom. The molecule has 5 heteroatoms. The van der Waals surface area contributed by atoms with Gasteiger partial charge in [0.25, 0.3) is 0 Å². The molecule has 1 fully saturated rings. The van der Waals surface area contributed by atoms with E-state index >= 15 is 0 Å². The van der Waals surface area contributed by atoms with Gasteiger partial charge < -0.3 is 10.6 Å². The number of carbonyl (C=O) groups is 1. The van der Waals surface area contributed by atoms with Crippen molar-refractivity contribution in [3.63, 3.8) is 0 Å². The van der Waals surface area contributed by atoms with Crippen molar-refractivity contribution in [3.8, 4) is 0 Å². The smallest absolute Gasteiger partial charge is 0.224 e. The van der Waals surface area contributed by atoms with Crippen LogP contribution in [0.25, 0.3) is 0 Å². The van der Waals surface area contributed by atoms with Crippen LogP contribution < -0.4 is 10.6 Å². The predicted molar refractivity (Wildman–Crippen MR) is 78.2 cm³/mol. The first-order valence-corrected chi connectivity index (χ1v) is 8.16. The van der Waals surface area contributed by atoms with Crippen molar-refractivity contribution < 1.29 is 9.18 Å². The Labute approximate surface area is 122 Å². The standard InChI is InChI=1S/C15H19FN2OS/c16-11-3-4-14-12(8-11)13(5-7-20-14)18-15(19)10-2-1-6-17-9-10/h3-4,8,10,13,17H,1-2,5-7,9H2,(H,18,19)/t10-,13?/m0/s1. The highest BCUT2D eigenvalue weighted by Gasteiger charge is 2.27. The molecule has 2 aliphatic rings. The minimum absolute atomic E-state index is 0.0450. The summed E-state index contributed by atoms with van der Waals surface area (Å²) >= 11 is 1.73. The molecule has 0 aliphatic carbocycles. The molecule has 0 saturated carbocycles. The van der Waals surface area contributed by atoms with Crippen molar-refractivity contribution in [2.75, 3.05) is 18.8 Å². The molecular formula is C15H19FN2OS. The fourth-order valence-corrected chi connectivity index (χ4v) is 3.99. The number of piperidine rings is 1. The van der Waals surface area contributed by atoms with Crippen molar-refractivity contribution in [1.29, 1.82) is 0 Å². The van der Waals surface area contributed by atoms with Gasteiger partial charge in [-0.3, -0.25) is 4.79 Å². The highest BCUT2D eigenvalue weighted by atomic mass is 32.2. The summed E-state index contributed by atoms with van der Waals surface area (Å²) in [6.45, 7) is 1.75. The predicted octanol–water partition coefficient (Wildman–Crippen LogP) is 2.48. The third-order valence-corrected chi connectivity index (χ3v) is 5.12. The first-order chi connectivity index (χ1) is 9.74. The number of fused-ring (bicyclic) bond motifs is 1. The van der Waals surface area contributed by atoms with Crippen LogP contribution in [0.4, 0.5) is 4.39 Å². The van der Waals surface area contributed by atoms with Gasteiger partial charge in [0.15, 0.2) is 0 Å². The summed E-state index contributed by atoms with van der Waals surface area (Å²) < 4.78 is 13.4. The quantitative estimate of drug-likeness (QED) is 0.880. The van der Waals surface area contributed by atoms with E-state index in [1.165, 1.54) is 6.07 Å². The van der Waals surface area contributed by atoms with Crippen LogP contribution in [0.15, 0.2) is 23.1 Å². The summed E-state index contributed by atoms with van der Waals surface area (Å²) in [5.41, 5.74) is 0.929. The van der Waals surface area contributed by atoms with Crippen LogP contribution in [0.1, 0.15) is 30.9 Å². The van der Waals surface area contributed by atoms with E-state index in [4.69, 9.17) is 0 Å². The number of benzene rings is 1. The van der Waals surface area contributed by atoms with Gasteiger partial charge in [-0.1, -0.05) is 0 Å². The van der Waals surface area contributed by atoms with Crippen molar-refractivity contribution in [3.05, 3.63) is 29.6 Å². The van der Waals surface area contributed by atoms with Crippen LogP contribution in [-0.2, 0) is 4.79 Å². The van der Waals surface area contributed by atoms with Gasteiger partial charge in [-0.2, -0.15) is 0 Å². The molecule has 2 aliphatic heterocycles. The molecule has 1 amide bonds. The lowest BCUT2D eigenvalue weighted by Crippen LogP contribution is -2.42. The molecule has 0 aromatic heterocycles. The summed E-state index contributed by atoms with van der Waals surface area (Å²) in [4.78, 5) is 13.4. The number of rotatable bonds is 2. The molecule has 2 heterocycles. The molecule has 2 N–H and O–H groups in total. The molecule has 2 atom stereocenters. The van der Waals surface area contributed by atoms with Crippen molar-refractivity contribution in [2.45, 2.75) is 30.2 Å². The topological polar surface area (TPSA) is 41.1 Å². The van der Waals surface area contributed by atoms with E-state index in [0.717, 1.165) is 48.6 Å². The average molecular weight is 294 g/mol. The van der Waals surface area contributed by atoms with Gasteiger partial charge in [-0.05, 0) is 49.6 Å². The van der Waals surface area contributed by atoms with Crippen LogP contribution in [0, 0.1) is 11.7 Å². The molecule has 0 radical (unpaired) electrons. The van der Waals surface area contributed by atoms with E-state index in [1.807, 2.05) is 6.07 Å². The monoisotopic (exact) mass is 294 g/mol.